The zero-order chi connectivity index (χ0) is 19.7. The van der Waals surface area contributed by atoms with Crippen LogP contribution in [0.25, 0.3) is 11.0 Å². The fourth-order valence-corrected chi connectivity index (χ4v) is 4.38. The van der Waals surface area contributed by atoms with E-state index in [9.17, 15) is 0 Å². The topological polar surface area (TPSA) is 39.1 Å². The van der Waals surface area contributed by atoms with Crippen LogP contribution in [0.2, 0.25) is 5.02 Å². The Morgan fingerprint density at radius 3 is 2.59 bits per heavy atom. The molecule has 0 radical (unpaired) electrons. The molecule has 1 heterocycles. The molecule has 0 atom stereocenters. The molecule has 0 bridgehead atoms. The summed E-state index contributed by atoms with van der Waals surface area (Å²) in [7, 11) is 3.70. The standard InChI is InChI=1S/C21H25BrClN3O/c1-6-13(7-2)15-8-9-16(23)19-20(15)26(4)21(25-19)24-18-12(3)10-14(22)11-17(18)27-5/h8-11,13H,6-7H2,1-5H3,(H,24,25). The van der Waals surface area contributed by atoms with Gasteiger partial charge in [-0.3, -0.25) is 0 Å². The van der Waals surface area contributed by atoms with Gasteiger partial charge in [0, 0.05) is 11.5 Å². The molecule has 0 aliphatic heterocycles. The molecule has 0 aliphatic carbocycles. The highest BCUT2D eigenvalue weighted by atomic mass is 79.9. The molecule has 0 saturated heterocycles. The number of halogens is 2. The lowest BCUT2D eigenvalue weighted by atomic mass is 9.93. The number of aryl methyl sites for hydroxylation is 2. The van der Waals surface area contributed by atoms with Crippen molar-refractivity contribution in [3.8, 4) is 5.75 Å². The van der Waals surface area contributed by atoms with Crippen molar-refractivity contribution in [1.29, 1.82) is 0 Å². The van der Waals surface area contributed by atoms with Crippen LogP contribution in [0.3, 0.4) is 0 Å². The quantitative estimate of drug-likeness (QED) is 0.441. The normalized spacial score (nSPS) is 11.4. The largest absolute Gasteiger partial charge is 0.495 e. The van der Waals surface area contributed by atoms with E-state index in [4.69, 9.17) is 21.3 Å². The monoisotopic (exact) mass is 449 g/mol. The van der Waals surface area contributed by atoms with Gasteiger partial charge < -0.3 is 14.6 Å². The van der Waals surface area contributed by atoms with Gasteiger partial charge in [0.1, 0.15) is 11.3 Å². The van der Waals surface area contributed by atoms with Crippen molar-refractivity contribution in [2.24, 2.45) is 7.05 Å². The Morgan fingerprint density at radius 1 is 1.26 bits per heavy atom. The molecule has 27 heavy (non-hydrogen) atoms. The van der Waals surface area contributed by atoms with Gasteiger partial charge >= 0.3 is 0 Å². The summed E-state index contributed by atoms with van der Waals surface area (Å²) >= 11 is 10.0. The molecule has 0 unspecified atom stereocenters. The second-order valence-electron chi connectivity index (χ2n) is 6.77. The summed E-state index contributed by atoms with van der Waals surface area (Å²) in [5.74, 6) is 1.99. The maximum Gasteiger partial charge on any atom is 0.208 e. The number of hydrogen-bond donors (Lipinski definition) is 1. The zero-order valence-electron chi connectivity index (χ0n) is 16.4. The van der Waals surface area contributed by atoms with Crippen LogP contribution in [0.1, 0.15) is 43.7 Å². The van der Waals surface area contributed by atoms with Crippen molar-refractivity contribution < 1.29 is 4.74 Å². The molecule has 6 heteroatoms. The highest BCUT2D eigenvalue weighted by Crippen LogP contribution is 2.38. The van der Waals surface area contributed by atoms with E-state index in [2.05, 4.69) is 51.8 Å². The van der Waals surface area contributed by atoms with Crippen LogP contribution in [-0.2, 0) is 7.05 Å². The van der Waals surface area contributed by atoms with Crippen LogP contribution < -0.4 is 10.1 Å². The average Bonchev–Trinajstić information content (AvgIpc) is 2.97. The first-order valence-electron chi connectivity index (χ1n) is 9.17. The number of methoxy groups -OCH3 is 1. The molecular formula is C21H25BrClN3O. The smallest absolute Gasteiger partial charge is 0.208 e. The fraction of sp³-hybridized carbons (Fsp3) is 0.381. The van der Waals surface area contributed by atoms with Gasteiger partial charge in [0.15, 0.2) is 0 Å². The Kier molecular flexibility index (Phi) is 6.02. The Balaban J connectivity index is 2.16. The van der Waals surface area contributed by atoms with Gasteiger partial charge in [-0.1, -0.05) is 47.4 Å². The van der Waals surface area contributed by atoms with Crippen LogP contribution >= 0.6 is 27.5 Å². The van der Waals surface area contributed by atoms with E-state index in [1.165, 1.54) is 5.56 Å². The number of nitrogens with one attached hydrogen (secondary N) is 1. The van der Waals surface area contributed by atoms with E-state index < -0.39 is 0 Å². The van der Waals surface area contributed by atoms with Crippen LogP contribution in [0, 0.1) is 6.92 Å². The number of ether oxygens (including phenoxy) is 1. The van der Waals surface area contributed by atoms with Gasteiger partial charge in [-0.05, 0) is 55.0 Å². The lowest BCUT2D eigenvalue weighted by Crippen LogP contribution is -2.04. The van der Waals surface area contributed by atoms with Crippen molar-refractivity contribution in [3.05, 3.63) is 44.9 Å². The van der Waals surface area contributed by atoms with Gasteiger partial charge in [-0.2, -0.15) is 0 Å². The number of aromatic nitrogens is 2. The molecule has 3 rings (SSSR count). The average molecular weight is 451 g/mol. The zero-order valence-corrected chi connectivity index (χ0v) is 18.7. The first-order chi connectivity index (χ1) is 12.9. The summed E-state index contributed by atoms with van der Waals surface area (Å²) in [6, 6.07) is 8.09. The summed E-state index contributed by atoms with van der Waals surface area (Å²) < 4.78 is 8.63. The van der Waals surface area contributed by atoms with Gasteiger partial charge in [0.05, 0.1) is 23.3 Å². The summed E-state index contributed by atoms with van der Waals surface area (Å²) in [5.41, 5.74) is 5.19. The van der Waals surface area contributed by atoms with Crippen LogP contribution in [0.4, 0.5) is 11.6 Å². The fourth-order valence-electron chi connectivity index (χ4n) is 3.63. The van der Waals surface area contributed by atoms with Crippen molar-refractivity contribution in [1.82, 2.24) is 9.55 Å². The molecule has 0 amide bonds. The van der Waals surface area contributed by atoms with E-state index in [0.717, 1.165) is 51.3 Å². The Labute approximate surface area is 174 Å². The third kappa shape index (κ3) is 3.67. The summed E-state index contributed by atoms with van der Waals surface area (Å²) in [6.45, 7) is 6.49. The predicted molar refractivity (Wildman–Crippen MR) is 118 cm³/mol. The third-order valence-corrected chi connectivity index (χ3v) is 5.91. The highest BCUT2D eigenvalue weighted by Gasteiger charge is 2.20. The minimum absolute atomic E-state index is 0.483. The number of nitrogens with zero attached hydrogens (tertiary/aromatic N) is 2. The van der Waals surface area contributed by atoms with Crippen LogP contribution in [-0.4, -0.2) is 16.7 Å². The van der Waals surface area contributed by atoms with E-state index in [1.54, 1.807) is 7.11 Å². The molecule has 3 aromatic rings. The van der Waals surface area contributed by atoms with Gasteiger partial charge in [-0.15, -0.1) is 0 Å². The lowest BCUT2D eigenvalue weighted by Gasteiger charge is -2.16. The second-order valence-corrected chi connectivity index (χ2v) is 8.09. The number of rotatable bonds is 6. The summed E-state index contributed by atoms with van der Waals surface area (Å²) in [6.07, 6.45) is 2.17. The molecule has 1 N–H and O–H groups in total. The van der Waals surface area contributed by atoms with E-state index in [1.807, 2.05) is 26.1 Å². The van der Waals surface area contributed by atoms with Crippen molar-refractivity contribution in [2.75, 3.05) is 12.4 Å². The van der Waals surface area contributed by atoms with Crippen LogP contribution in [0.15, 0.2) is 28.7 Å². The molecule has 0 aliphatic rings. The van der Waals surface area contributed by atoms with Crippen molar-refractivity contribution in [2.45, 2.75) is 39.5 Å². The first-order valence-corrected chi connectivity index (χ1v) is 10.3. The molecule has 144 valence electrons. The number of hydrogen-bond acceptors (Lipinski definition) is 3. The van der Waals surface area contributed by atoms with Crippen molar-refractivity contribution >= 4 is 50.2 Å². The number of fused-ring (bicyclic) bond motifs is 1. The number of benzene rings is 2. The van der Waals surface area contributed by atoms with E-state index >= 15 is 0 Å². The lowest BCUT2D eigenvalue weighted by molar-refractivity contribution is 0.416. The molecule has 0 saturated carbocycles. The van der Waals surface area contributed by atoms with E-state index in [0.29, 0.717) is 10.9 Å². The van der Waals surface area contributed by atoms with E-state index in [-0.39, 0.29) is 0 Å². The second kappa shape index (κ2) is 8.11. The van der Waals surface area contributed by atoms with Gasteiger partial charge in [-0.25, -0.2) is 4.98 Å². The summed E-state index contributed by atoms with van der Waals surface area (Å²) in [5, 5.41) is 4.12. The van der Waals surface area contributed by atoms with Crippen molar-refractivity contribution in [3.63, 3.8) is 0 Å². The molecule has 2 aromatic carbocycles. The minimum Gasteiger partial charge on any atom is -0.495 e. The maximum absolute atomic E-state index is 6.48. The molecule has 0 fully saturated rings. The predicted octanol–water partition coefficient (Wildman–Crippen LogP) is 6.95. The van der Waals surface area contributed by atoms with Gasteiger partial charge in [0.2, 0.25) is 5.95 Å². The molecule has 1 aromatic heterocycles. The SMILES string of the molecule is CCC(CC)c1ccc(Cl)c2nc(Nc3c(C)cc(Br)cc3OC)n(C)c12. The Hall–Kier alpha value is -1.72. The first kappa shape index (κ1) is 20.0. The number of imidazole rings is 1. The minimum atomic E-state index is 0.483. The Morgan fingerprint density at radius 2 is 1.96 bits per heavy atom. The number of anilines is 2. The summed E-state index contributed by atoms with van der Waals surface area (Å²) in [4.78, 5) is 4.81. The van der Waals surface area contributed by atoms with Crippen LogP contribution in [0.5, 0.6) is 5.75 Å². The maximum atomic E-state index is 6.48. The van der Waals surface area contributed by atoms with Gasteiger partial charge in [0.25, 0.3) is 0 Å². The molecule has 0 spiro atoms. The highest BCUT2D eigenvalue weighted by molar-refractivity contribution is 9.10. The Bertz CT molecular complexity index is 979. The third-order valence-electron chi connectivity index (χ3n) is 5.15. The molecular weight excluding hydrogens is 426 g/mol. The molecule has 4 nitrogen and oxygen atoms in total.